The van der Waals surface area contributed by atoms with Crippen LogP contribution in [0.2, 0.25) is 5.02 Å². The minimum absolute atomic E-state index is 0.0148. The molecule has 0 radical (unpaired) electrons. The molecule has 0 bridgehead atoms. The van der Waals surface area contributed by atoms with Crippen LogP contribution in [0.15, 0.2) is 80.4 Å². The molecule has 0 saturated heterocycles. The molecule has 3 aromatic carbocycles. The van der Waals surface area contributed by atoms with Gasteiger partial charge < -0.3 is 4.42 Å². The van der Waals surface area contributed by atoms with Crippen LogP contribution in [0.1, 0.15) is 21.5 Å². The van der Waals surface area contributed by atoms with E-state index in [1.165, 1.54) is 0 Å². The first kappa shape index (κ1) is 18.7. The first-order valence-electron chi connectivity index (χ1n) is 8.58. The summed E-state index contributed by atoms with van der Waals surface area (Å²) in [6.07, 6.45) is 0. The predicted molar refractivity (Wildman–Crippen MR) is 115 cm³/mol. The number of carbonyl (C=O) groups is 1. The Morgan fingerprint density at radius 3 is 2.32 bits per heavy atom. The Bertz CT molecular complexity index is 1260. The van der Waals surface area contributed by atoms with Gasteiger partial charge in [-0.25, -0.2) is 0 Å². The largest absolute Gasteiger partial charge is 0.455 e. The summed E-state index contributed by atoms with van der Waals surface area (Å²) >= 11 is 9.35. The highest BCUT2D eigenvalue weighted by Crippen LogP contribution is 2.29. The van der Waals surface area contributed by atoms with Gasteiger partial charge in [0, 0.05) is 20.6 Å². The van der Waals surface area contributed by atoms with E-state index in [0.29, 0.717) is 27.1 Å². The molecule has 28 heavy (non-hydrogen) atoms. The Morgan fingerprint density at radius 1 is 0.964 bits per heavy atom. The number of rotatable bonds is 3. The van der Waals surface area contributed by atoms with Gasteiger partial charge in [-0.1, -0.05) is 33.6 Å². The van der Waals surface area contributed by atoms with Crippen LogP contribution in [-0.4, -0.2) is 5.78 Å². The minimum Gasteiger partial charge on any atom is -0.455 e. The zero-order valence-corrected chi connectivity index (χ0v) is 17.2. The van der Waals surface area contributed by atoms with Crippen molar-refractivity contribution in [3.05, 3.63) is 103 Å². The molecular formula is C23H14BrClO3. The fraction of sp³-hybridized carbons (Fsp3) is 0.0435. The Balaban J connectivity index is 2.03. The predicted octanol–water partition coefficient (Wildman–Crippen LogP) is 6.42. The van der Waals surface area contributed by atoms with E-state index in [1.54, 1.807) is 60.7 Å². The maximum absolute atomic E-state index is 13.3. The Hall–Kier alpha value is -2.69. The third kappa shape index (κ3) is 3.41. The molecule has 1 aromatic heterocycles. The third-order valence-corrected chi connectivity index (χ3v) is 5.27. The first-order valence-corrected chi connectivity index (χ1v) is 9.75. The molecule has 0 aliphatic rings. The number of aryl methyl sites for hydroxylation is 1. The van der Waals surface area contributed by atoms with E-state index in [-0.39, 0.29) is 22.5 Å². The van der Waals surface area contributed by atoms with Crippen LogP contribution in [0.5, 0.6) is 0 Å². The summed E-state index contributed by atoms with van der Waals surface area (Å²) in [4.78, 5) is 26.5. The highest BCUT2D eigenvalue weighted by atomic mass is 79.9. The SMILES string of the molecule is Cc1ccc2c(=O)c(C(=O)c3ccc(Br)cc3)c(-c3ccc(Cl)cc3)oc2c1. The molecule has 5 heteroatoms. The van der Waals surface area contributed by atoms with Gasteiger partial charge >= 0.3 is 0 Å². The van der Waals surface area contributed by atoms with Crippen molar-refractivity contribution >= 4 is 44.3 Å². The van der Waals surface area contributed by atoms with Crippen LogP contribution in [0, 0.1) is 6.92 Å². The lowest BCUT2D eigenvalue weighted by Crippen LogP contribution is -2.18. The first-order chi connectivity index (χ1) is 13.4. The van der Waals surface area contributed by atoms with Gasteiger partial charge in [-0.2, -0.15) is 0 Å². The smallest absolute Gasteiger partial charge is 0.204 e. The van der Waals surface area contributed by atoms with Gasteiger partial charge in [0.25, 0.3) is 0 Å². The molecule has 0 aliphatic heterocycles. The van der Waals surface area contributed by atoms with Gasteiger partial charge in [0.1, 0.15) is 16.9 Å². The summed E-state index contributed by atoms with van der Waals surface area (Å²) in [5, 5.41) is 0.937. The number of fused-ring (bicyclic) bond motifs is 1. The lowest BCUT2D eigenvalue weighted by molar-refractivity contribution is 0.103. The lowest BCUT2D eigenvalue weighted by Gasteiger charge is -2.10. The van der Waals surface area contributed by atoms with Gasteiger partial charge in [-0.15, -0.1) is 0 Å². The van der Waals surface area contributed by atoms with E-state index in [9.17, 15) is 9.59 Å². The molecule has 0 spiro atoms. The van der Waals surface area contributed by atoms with Crippen LogP contribution >= 0.6 is 27.5 Å². The van der Waals surface area contributed by atoms with Crippen molar-refractivity contribution < 1.29 is 9.21 Å². The molecule has 0 atom stereocenters. The second-order valence-electron chi connectivity index (χ2n) is 6.48. The van der Waals surface area contributed by atoms with Crippen molar-refractivity contribution in [3.8, 4) is 11.3 Å². The van der Waals surface area contributed by atoms with Gasteiger partial charge in [-0.3, -0.25) is 9.59 Å². The molecule has 0 amide bonds. The zero-order valence-electron chi connectivity index (χ0n) is 14.8. The summed E-state index contributed by atoms with van der Waals surface area (Å²) in [5.41, 5.74) is 2.11. The maximum Gasteiger partial charge on any atom is 0.204 e. The summed E-state index contributed by atoms with van der Waals surface area (Å²) < 4.78 is 6.92. The number of carbonyl (C=O) groups excluding carboxylic acids is 1. The van der Waals surface area contributed by atoms with E-state index < -0.39 is 0 Å². The molecule has 4 rings (SSSR count). The van der Waals surface area contributed by atoms with Gasteiger partial charge in [-0.05, 0) is 73.2 Å². The molecule has 1 heterocycles. The topological polar surface area (TPSA) is 47.3 Å². The highest BCUT2D eigenvalue weighted by Gasteiger charge is 2.23. The van der Waals surface area contributed by atoms with E-state index >= 15 is 0 Å². The van der Waals surface area contributed by atoms with E-state index in [4.69, 9.17) is 16.0 Å². The third-order valence-electron chi connectivity index (χ3n) is 4.49. The van der Waals surface area contributed by atoms with E-state index in [1.807, 2.05) is 13.0 Å². The van der Waals surface area contributed by atoms with Crippen molar-refractivity contribution in [1.29, 1.82) is 0 Å². The van der Waals surface area contributed by atoms with Gasteiger partial charge in [0.2, 0.25) is 11.2 Å². The van der Waals surface area contributed by atoms with Crippen LogP contribution in [0.4, 0.5) is 0 Å². The number of hydrogen-bond donors (Lipinski definition) is 0. The second-order valence-corrected chi connectivity index (χ2v) is 7.83. The molecule has 4 aromatic rings. The van der Waals surface area contributed by atoms with E-state index in [0.717, 1.165) is 10.0 Å². The Labute approximate surface area is 174 Å². The van der Waals surface area contributed by atoms with Gasteiger partial charge in [0.15, 0.2) is 0 Å². The summed E-state index contributed by atoms with van der Waals surface area (Å²) in [7, 11) is 0. The molecule has 138 valence electrons. The monoisotopic (exact) mass is 452 g/mol. The summed E-state index contributed by atoms with van der Waals surface area (Å²) in [6, 6.07) is 19.1. The number of hydrogen-bond acceptors (Lipinski definition) is 3. The van der Waals surface area contributed by atoms with Crippen molar-refractivity contribution in [2.24, 2.45) is 0 Å². The molecular weight excluding hydrogens is 440 g/mol. The van der Waals surface area contributed by atoms with Crippen molar-refractivity contribution in [3.63, 3.8) is 0 Å². The van der Waals surface area contributed by atoms with Crippen LogP contribution < -0.4 is 5.43 Å². The second kappa shape index (κ2) is 7.38. The quantitative estimate of drug-likeness (QED) is 0.336. The highest BCUT2D eigenvalue weighted by molar-refractivity contribution is 9.10. The lowest BCUT2D eigenvalue weighted by atomic mass is 9.97. The van der Waals surface area contributed by atoms with Crippen LogP contribution in [0.25, 0.3) is 22.3 Å². The summed E-state index contributed by atoms with van der Waals surface area (Å²) in [6.45, 7) is 1.92. The molecule has 3 nitrogen and oxygen atoms in total. The molecule has 0 aliphatic carbocycles. The number of benzene rings is 3. The molecule has 0 unspecified atom stereocenters. The standard InChI is InChI=1S/C23H14BrClO3/c1-13-2-11-18-19(12-13)28-23(15-5-9-17(25)10-6-15)20(22(18)27)21(26)14-3-7-16(24)8-4-14/h2-12H,1H3. The average Bonchev–Trinajstić information content (AvgIpc) is 2.68. The minimum atomic E-state index is -0.381. The zero-order chi connectivity index (χ0) is 19.8. The average molecular weight is 454 g/mol. The molecule has 0 saturated carbocycles. The van der Waals surface area contributed by atoms with Crippen LogP contribution in [-0.2, 0) is 0 Å². The molecule has 0 N–H and O–H groups in total. The fourth-order valence-corrected chi connectivity index (χ4v) is 3.45. The number of ketones is 1. The Kier molecular flexibility index (Phi) is 4.92. The van der Waals surface area contributed by atoms with Crippen molar-refractivity contribution in [1.82, 2.24) is 0 Å². The van der Waals surface area contributed by atoms with E-state index in [2.05, 4.69) is 15.9 Å². The van der Waals surface area contributed by atoms with Gasteiger partial charge in [0.05, 0.1) is 5.39 Å². The number of halogens is 2. The summed E-state index contributed by atoms with van der Waals surface area (Å²) in [5.74, 6) is -0.138. The van der Waals surface area contributed by atoms with Crippen LogP contribution in [0.3, 0.4) is 0 Å². The maximum atomic E-state index is 13.3. The fourth-order valence-electron chi connectivity index (χ4n) is 3.06. The van der Waals surface area contributed by atoms with Crippen molar-refractivity contribution in [2.75, 3.05) is 0 Å². The van der Waals surface area contributed by atoms with Crippen molar-refractivity contribution in [2.45, 2.75) is 6.92 Å². The molecule has 0 fully saturated rings. The Morgan fingerprint density at radius 2 is 1.64 bits per heavy atom. The normalized spacial score (nSPS) is 11.0.